The average molecular weight is 255 g/mol. The van der Waals surface area contributed by atoms with Crippen LogP contribution in [0.2, 0.25) is 0 Å². The zero-order valence-electron chi connectivity index (χ0n) is 11.0. The summed E-state index contributed by atoms with van der Waals surface area (Å²) in [4.78, 5) is 15.7. The molecule has 1 heterocycles. The van der Waals surface area contributed by atoms with Crippen molar-refractivity contribution in [2.24, 2.45) is 0 Å². The molecule has 0 bridgehead atoms. The van der Waals surface area contributed by atoms with Crippen molar-refractivity contribution in [3.8, 4) is 0 Å². The standard InChI is InChI=1S/C12H18FN3O2/c1-12(2,18-4)7-16-11(17)9-5-8(13)6-15-10(9)14-3/h5-6H,7H2,1-4H3,(H,14,15)(H,16,17). The lowest BCUT2D eigenvalue weighted by Gasteiger charge is -2.23. The zero-order valence-corrected chi connectivity index (χ0v) is 11.0. The Hall–Kier alpha value is -1.69. The summed E-state index contributed by atoms with van der Waals surface area (Å²) >= 11 is 0. The van der Waals surface area contributed by atoms with Crippen LogP contribution in [-0.4, -0.2) is 37.2 Å². The minimum atomic E-state index is -0.551. The van der Waals surface area contributed by atoms with Crippen LogP contribution < -0.4 is 10.6 Å². The van der Waals surface area contributed by atoms with Crippen molar-refractivity contribution in [1.29, 1.82) is 0 Å². The molecule has 0 spiro atoms. The fourth-order valence-corrected chi connectivity index (χ4v) is 1.27. The van der Waals surface area contributed by atoms with Crippen LogP contribution in [0.3, 0.4) is 0 Å². The molecule has 0 fully saturated rings. The summed E-state index contributed by atoms with van der Waals surface area (Å²) in [6.45, 7) is 4.01. The molecule has 18 heavy (non-hydrogen) atoms. The van der Waals surface area contributed by atoms with E-state index in [1.807, 2.05) is 13.8 Å². The monoisotopic (exact) mass is 255 g/mol. The topological polar surface area (TPSA) is 63.2 Å². The molecule has 100 valence electrons. The normalized spacial score (nSPS) is 11.2. The second kappa shape index (κ2) is 5.77. The number of halogens is 1. The molecule has 6 heteroatoms. The molecule has 0 aromatic carbocycles. The summed E-state index contributed by atoms with van der Waals surface area (Å²) in [5.74, 6) is -0.606. The van der Waals surface area contributed by atoms with Gasteiger partial charge in [-0.05, 0) is 19.9 Å². The molecule has 1 aromatic heterocycles. The van der Waals surface area contributed by atoms with Gasteiger partial charge in [-0.2, -0.15) is 0 Å². The molecule has 0 unspecified atom stereocenters. The highest BCUT2D eigenvalue weighted by Crippen LogP contribution is 2.13. The van der Waals surface area contributed by atoms with Gasteiger partial charge in [-0.25, -0.2) is 9.37 Å². The lowest BCUT2D eigenvalue weighted by molar-refractivity contribution is 0.0229. The van der Waals surface area contributed by atoms with Gasteiger partial charge in [-0.1, -0.05) is 0 Å². The second-order valence-corrected chi connectivity index (χ2v) is 4.45. The number of rotatable bonds is 5. The number of ether oxygens (including phenoxy) is 1. The number of carbonyl (C=O) groups excluding carboxylic acids is 1. The van der Waals surface area contributed by atoms with Crippen molar-refractivity contribution >= 4 is 11.7 Å². The van der Waals surface area contributed by atoms with Gasteiger partial charge in [0.15, 0.2) is 0 Å². The van der Waals surface area contributed by atoms with E-state index in [4.69, 9.17) is 4.74 Å². The van der Waals surface area contributed by atoms with E-state index in [9.17, 15) is 9.18 Å². The average Bonchev–Trinajstić information content (AvgIpc) is 2.36. The second-order valence-electron chi connectivity index (χ2n) is 4.45. The number of amides is 1. The molecule has 1 rings (SSSR count). The fraction of sp³-hybridized carbons (Fsp3) is 0.500. The van der Waals surface area contributed by atoms with Crippen LogP contribution in [-0.2, 0) is 4.74 Å². The molecule has 1 amide bonds. The molecule has 2 N–H and O–H groups in total. The Bertz CT molecular complexity index is 435. The Morgan fingerprint density at radius 2 is 2.22 bits per heavy atom. The summed E-state index contributed by atoms with van der Waals surface area (Å²) in [7, 11) is 3.19. The molecule has 0 atom stereocenters. The first-order chi connectivity index (χ1) is 8.39. The van der Waals surface area contributed by atoms with E-state index < -0.39 is 17.3 Å². The predicted molar refractivity (Wildman–Crippen MR) is 67.2 cm³/mol. The van der Waals surface area contributed by atoms with Crippen LogP contribution in [0.4, 0.5) is 10.2 Å². The first-order valence-corrected chi connectivity index (χ1v) is 5.56. The van der Waals surface area contributed by atoms with Gasteiger partial charge in [0.1, 0.15) is 11.6 Å². The van der Waals surface area contributed by atoms with Crippen LogP contribution in [0.25, 0.3) is 0 Å². The Morgan fingerprint density at radius 1 is 1.56 bits per heavy atom. The van der Waals surface area contributed by atoms with Gasteiger partial charge in [0.05, 0.1) is 17.4 Å². The predicted octanol–water partition coefficient (Wildman–Crippen LogP) is 1.42. The maximum absolute atomic E-state index is 13.1. The van der Waals surface area contributed by atoms with E-state index >= 15 is 0 Å². The van der Waals surface area contributed by atoms with Crippen molar-refractivity contribution in [2.75, 3.05) is 26.0 Å². The van der Waals surface area contributed by atoms with Crippen molar-refractivity contribution < 1.29 is 13.9 Å². The van der Waals surface area contributed by atoms with E-state index in [-0.39, 0.29) is 5.56 Å². The molecule has 0 aliphatic carbocycles. The number of anilines is 1. The van der Waals surface area contributed by atoms with Gasteiger partial charge >= 0.3 is 0 Å². The van der Waals surface area contributed by atoms with E-state index in [2.05, 4.69) is 15.6 Å². The van der Waals surface area contributed by atoms with E-state index in [0.29, 0.717) is 12.4 Å². The van der Waals surface area contributed by atoms with Crippen LogP contribution in [0, 0.1) is 5.82 Å². The maximum atomic E-state index is 13.1. The summed E-state index contributed by atoms with van der Waals surface area (Å²) in [5, 5.41) is 5.43. The molecule has 0 saturated carbocycles. The summed E-state index contributed by atoms with van der Waals surface area (Å²) < 4.78 is 18.3. The smallest absolute Gasteiger partial charge is 0.255 e. The third kappa shape index (κ3) is 3.66. The Balaban J connectivity index is 2.81. The van der Waals surface area contributed by atoms with Gasteiger partial charge < -0.3 is 15.4 Å². The number of methoxy groups -OCH3 is 1. The van der Waals surface area contributed by atoms with Crippen LogP contribution in [0.1, 0.15) is 24.2 Å². The Morgan fingerprint density at radius 3 is 2.78 bits per heavy atom. The SMILES string of the molecule is CNc1ncc(F)cc1C(=O)NCC(C)(C)OC. The largest absolute Gasteiger partial charge is 0.377 e. The van der Waals surface area contributed by atoms with Gasteiger partial charge in [0.25, 0.3) is 5.91 Å². The Kier molecular flexibility index (Phi) is 4.61. The summed E-state index contributed by atoms with van der Waals surface area (Å²) in [6, 6.07) is 1.15. The van der Waals surface area contributed by atoms with Crippen molar-refractivity contribution in [3.63, 3.8) is 0 Å². The zero-order chi connectivity index (χ0) is 13.8. The molecule has 0 aliphatic rings. The summed E-state index contributed by atoms with van der Waals surface area (Å²) in [6.07, 6.45) is 1.06. The van der Waals surface area contributed by atoms with Gasteiger partial charge in [0, 0.05) is 20.7 Å². The molecule has 0 radical (unpaired) electrons. The first-order valence-electron chi connectivity index (χ1n) is 5.56. The van der Waals surface area contributed by atoms with Crippen molar-refractivity contribution in [1.82, 2.24) is 10.3 Å². The molecule has 5 nitrogen and oxygen atoms in total. The third-order valence-electron chi connectivity index (χ3n) is 2.56. The van der Waals surface area contributed by atoms with Gasteiger partial charge in [-0.15, -0.1) is 0 Å². The number of aromatic nitrogens is 1. The number of nitrogens with one attached hydrogen (secondary N) is 2. The van der Waals surface area contributed by atoms with Crippen LogP contribution >= 0.6 is 0 Å². The highest BCUT2D eigenvalue weighted by atomic mass is 19.1. The molecular weight excluding hydrogens is 237 g/mol. The number of pyridine rings is 1. The van der Waals surface area contributed by atoms with Crippen molar-refractivity contribution in [2.45, 2.75) is 19.4 Å². The highest BCUT2D eigenvalue weighted by molar-refractivity contribution is 5.98. The van der Waals surface area contributed by atoms with E-state index in [0.717, 1.165) is 12.3 Å². The fourth-order valence-electron chi connectivity index (χ4n) is 1.27. The number of hydrogen-bond acceptors (Lipinski definition) is 4. The van der Waals surface area contributed by atoms with E-state index in [1.165, 1.54) is 0 Å². The van der Waals surface area contributed by atoms with Crippen molar-refractivity contribution in [3.05, 3.63) is 23.6 Å². The number of carbonyl (C=O) groups is 1. The lowest BCUT2D eigenvalue weighted by atomic mass is 10.1. The molecular formula is C12H18FN3O2. The molecule has 0 aliphatic heterocycles. The van der Waals surface area contributed by atoms with E-state index in [1.54, 1.807) is 14.2 Å². The Labute approximate surface area is 106 Å². The minimum Gasteiger partial charge on any atom is -0.377 e. The lowest BCUT2D eigenvalue weighted by Crippen LogP contribution is -2.40. The minimum absolute atomic E-state index is 0.171. The number of nitrogens with zero attached hydrogens (tertiary/aromatic N) is 1. The third-order valence-corrected chi connectivity index (χ3v) is 2.56. The molecule has 1 aromatic rings. The van der Waals surface area contributed by atoms with Gasteiger partial charge in [0.2, 0.25) is 0 Å². The van der Waals surface area contributed by atoms with Gasteiger partial charge in [-0.3, -0.25) is 4.79 Å². The highest BCUT2D eigenvalue weighted by Gasteiger charge is 2.19. The molecule has 0 saturated heterocycles. The maximum Gasteiger partial charge on any atom is 0.255 e. The van der Waals surface area contributed by atoms with Crippen LogP contribution in [0.15, 0.2) is 12.3 Å². The number of hydrogen-bond donors (Lipinski definition) is 2. The quantitative estimate of drug-likeness (QED) is 0.835. The van der Waals surface area contributed by atoms with Crippen LogP contribution in [0.5, 0.6) is 0 Å². The summed E-state index contributed by atoms with van der Waals surface area (Å²) in [5.41, 5.74) is -0.305. The first kappa shape index (κ1) is 14.4.